The summed E-state index contributed by atoms with van der Waals surface area (Å²) in [6, 6.07) is 0. The number of cyclic esters (lactones) is 1. The quantitative estimate of drug-likeness (QED) is 0.265. The lowest BCUT2D eigenvalue weighted by molar-refractivity contribution is -0.314. The van der Waals surface area contributed by atoms with E-state index in [2.05, 4.69) is 32.6 Å². The van der Waals surface area contributed by atoms with Crippen LogP contribution in [0.5, 0.6) is 0 Å². The van der Waals surface area contributed by atoms with Crippen molar-refractivity contribution in [2.45, 2.75) is 142 Å². The van der Waals surface area contributed by atoms with Crippen LogP contribution in [0.25, 0.3) is 0 Å². The summed E-state index contributed by atoms with van der Waals surface area (Å²) in [6.45, 7) is 9.12. The molecular formula is C35H52O6. The Morgan fingerprint density at radius 2 is 1.85 bits per heavy atom. The first-order valence-corrected chi connectivity index (χ1v) is 16.4. The smallest absolute Gasteiger partial charge is 0.331 e. The van der Waals surface area contributed by atoms with Gasteiger partial charge in [-0.1, -0.05) is 58.8 Å². The molecule has 3 fully saturated rings. The number of hydrogen-bond acceptors (Lipinski definition) is 6. The largest absolute Gasteiger partial charge is 0.462 e. The van der Waals surface area contributed by atoms with Gasteiger partial charge in [0.05, 0.1) is 23.5 Å². The van der Waals surface area contributed by atoms with Gasteiger partial charge < -0.3 is 19.7 Å². The van der Waals surface area contributed by atoms with Crippen molar-refractivity contribution in [3.8, 4) is 11.8 Å². The molecule has 6 heteroatoms. The fraction of sp³-hybridized carbons (Fsp3) is 0.829. The van der Waals surface area contributed by atoms with Crippen molar-refractivity contribution in [3.63, 3.8) is 0 Å². The predicted molar refractivity (Wildman–Crippen MR) is 157 cm³/mol. The molecule has 228 valence electrons. The molecule has 3 saturated carbocycles. The van der Waals surface area contributed by atoms with Crippen LogP contribution < -0.4 is 0 Å². The van der Waals surface area contributed by atoms with E-state index in [0.29, 0.717) is 50.4 Å². The highest BCUT2D eigenvalue weighted by Crippen LogP contribution is 2.71. The Labute approximate surface area is 247 Å². The number of aliphatic hydroxyl groups is 2. The van der Waals surface area contributed by atoms with Crippen LogP contribution in [0.3, 0.4) is 0 Å². The molecule has 2 N–H and O–H groups in total. The summed E-state index contributed by atoms with van der Waals surface area (Å²) in [4.78, 5) is 25.1. The van der Waals surface area contributed by atoms with Crippen LogP contribution in [0.2, 0.25) is 0 Å². The highest BCUT2D eigenvalue weighted by molar-refractivity contribution is 5.85. The van der Waals surface area contributed by atoms with E-state index in [1.165, 1.54) is 19.3 Å². The molecular weight excluding hydrogens is 516 g/mol. The highest BCUT2D eigenvalue weighted by atomic mass is 16.5. The van der Waals surface area contributed by atoms with Crippen molar-refractivity contribution < 1.29 is 29.3 Å². The van der Waals surface area contributed by atoms with Gasteiger partial charge in [-0.25, -0.2) is 4.79 Å². The minimum absolute atomic E-state index is 0.175. The first kappa shape index (κ1) is 30.6. The highest BCUT2D eigenvalue weighted by Gasteiger charge is 2.75. The Kier molecular flexibility index (Phi) is 8.72. The van der Waals surface area contributed by atoms with Gasteiger partial charge in [0.15, 0.2) is 0 Å². The predicted octanol–water partition coefficient (Wildman–Crippen LogP) is 6.27. The second-order valence-electron chi connectivity index (χ2n) is 14.8. The fourth-order valence-corrected chi connectivity index (χ4v) is 10.0. The third-order valence-corrected chi connectivity index (χ3v) is 12.0. The summed E-state index contributed by atoms with van der Waals surface area (Å²) < 4.78 is 11.7. The van der Waals surface area contributed by atoms with Crippen molar-refractivity contribution in [1.29, 1.82) is 0 Å². The number of esters is 2. The maximum atomic E-state index is 13.5. The van der Waals surface area contributed by atoms with E-state index in [0.717, 1.165) is 37.7 Å². The zero-order chi connectivity index (χ0) is 29.5. The van der Waals surface area contributed by atoms with Gasteiger partial charge in [-0.3, -0.25) is 4.79 Å². The zero-order valence-corrected chi connectivity index (χ0v) is 25.8. The standard InChI is InChI=1S/C35H52O6/c1-24(2)11-10-18-34-28(36)16-19-33(4,26-12-6-5-7-13-26)31(34)27-22-32(3,17-9-8-14-29(37)41-27)35(34,39)20-15-25-21-30(38)40-23-25/h21,24,26-28,31,36,39H,5-8,10-16,18-20,22-23H2,1-4H3/t27-,28+,31+,32+,33+,34+,35-/m1/s1. The molecule has 3 aliphatic carbocycles. The summed E-state index contributed by atoms with van der Waals surface area (Å²) in [6.07, 6.45) is 12.4. The van der Waals surface area contributed by atoms with Crippen molar-refractivity contribution in [2.75, 3.05) is 6.61 Å². The van der Waals surface area contributed by atoms with Crippen LogP contribution in [0.15, 0.2) is 11.6 Å². The van der Waals surface area contributed by atoms with E-state index >= 15 is 0 Å². The first-order chi connectivity index (χ1) is 19.4. The van der Waals surface area contributed by atoms with Gasteiger partial charge in [0.25, 0.3) is 0 Å². The van der Waals surface area contributed by atoms with Crippen LogP contribution in [0.4, 0.5) is 0 Å². The molecule has 2 aliphatic heterocycles. The fourth-order valence-electron chi connectivity index (χ4n) is 10.0. The van der Waals surface area contributed by atoms with Crippen molar-refractivity contribution >= 4 is 11.9 Å². The minimum Gasteiger partial charge on any atom is -0.462 e. The molecule has 0 aromatic carbocycles. The van der Waals surface area contributed by atoms with E-state index in [-0.39, 0.29) is 36.3 Å². The number of carbonyl (C=O) groups is 2. The molecule has 41 heavy (non-hydrogen) atoms. The summed E-state index contributed by atoms with van der Waals surface area (Å²) >= 11 is 0. The zero-order valence-electron chi connectivity index (χ0n) is 25.8. The van der Waals surface area contributed by atoms with Crippen molar-refractivity contribution in [2.24, 2.45) is 34.0 Å². The Balaban J connectivity index is 1.70. The monoisotopic (exact) mass is 568 g/mol. The van der Waals surface area contributed by atoms with E-state index in [9.17, 15) is 19.8 Å². The van der Waals surface area contributed by atoms with Crippen LogP contribution in [-0.2, 0) is 19.1 Å². The minimum atomic E-state index is -1.34. The van der Waals surface area contributed by atoms with E-state index < -0.39 is 28.6 Å². The second kappa shape index (κ2) is 11.7. The number of ether oxygens (including phenoxy) is 2. The molecule has 0 saturated heterocycles. The molecule has 0 spiro atoms. The lowest BCUT2D eigenvalue weighted by Gasteiger charge is -2.71. The SMILES string of the molecule is CC(C)CCC[C@]12[C@@H]([C@H]3C[C@](C)(C#CCCC(=O)O3)[C@]1(O)CCC1=CC(=O)OC1)[C@](C)(C1CCCCC1)CC[C@@H]2O. The van der Waals surface area contributed by atoms with Crippen molar-refractivity contribution in [3.05, 3.63) is 11.6 Å². The van der Waals surface area contributed by atoms with E-state index in [1.54, 1.807) is 6.08 Å². The van der Waals surface area contributed by atoms with Gasteiger partial charge >= 0.3 is 11.9 Å². The average Bonchev–Trinajstić information content (AvgIpc) is 3.37. The van der Waals surface area contributed by atoms with Gasteiger partial charge in [-0.15, -0.1) is 5.92 Å². The number of hydrogen-bond donors (Lipinski definition) is 2. The van der Waals surface area contributed by atoms with Crippen LogP contribution in [-0.4, -0.2) is 46.6 Å². The Morgan fingerprint density at radius 1 is 1.10 bits per heavy atom. The summed E-state index contributed by atoms with van der Waals surface area (Å²) in [5.41, 5.74) is -2.42. The Hall–Kier alpha value is -1.84. The van der Waals surface area contributed by atoms with Crippen molar-refractivity contribution in [1.82, 2.24) is 0 Å². The number of carbonyl (C=O) groups excluding carboxylic acids is 2. The van der Waals surface area contributed by atoms with E-state index in [1.807, 2.05) is 6.92 Å². The van der Waals surface area contributed by atoms with Crippen LogP contribution in [0.1, 0.15) is 124 Å². The molecule has 6 nitrogen and oxygen atoms in total. The Bertz CT molecular complexity index is 1090. The number of aliphatic hydroxyl groups excluding tert-OH is 1. The van der Waals surface area contributed by atoms with Crippen LogP contribution >= 0.6 is 0 Å². The van der Waals surface area contributed by atoms with Gasteiger partial charge in [0.2, 0.25) is 0 Å². The second-order valence-corrected chi connectivity index (χ2v) is 14.8. The molecule has 2 bridgehead atoms. The van der Waals surface area contributed by atoms with Crippen LogP contribution in [0, 0.1) is 45.8 Å². The number of fused-ring (bicyclic) bond motifs is 4. The summed E-state index contributed by atoms with van der Waals surface area (Å²) in [7, 11) is 0. The third-order valence-electron chi connectivity index (χ3n) is 12.0. The molecule has 2 heterocycles. The molecule has 5 rings (SSSR count). The number of rotatable bonds is 8. The molecule has 5 aliphatic rings. The molecule has 7 atom stereocenters. The topological polar surface area (TPSA) is 93.1 Å². The molecule has 0 aromatic rings. The lowest BCUT2D eigenvalue weighted by Crippen LogP contribution is -2.76. The first-order valence-electron chi connectivity index (χ1n) is 16.4. The average molecular weight is 569 g/mol. The molecule has 0 radical (unpaired) electrons. The van der Waals surface area contributed by atoms with Gasteiger partial charge in [0, 0.05) is 30.3 Å². The van der Waals surface area contributed by atoms with Gasteiger partial charge in [0.1, 0.15) is 12.7 Å². The summed E-state index contributed by atoms with van der Waals surface area (Å²) in [5, 5.41) is 25.8. The molecule has 0 unspecified atom stereocenters. The maximum absolute atomic E-state index is 13.5. The third kappa shape index (κ3) is 5.29. The van der Waals surface area contributed by atoms with E-state index in [4.69, 9.17) is 9.47 Å². The van der Waals surface area contributed by atoms with Gasteiger partial charge in [-0.2, -0.15) is 0 Å². The maximum Gasteiger partial charge on any atom is 0.331 e. The van der Waals surface area contributed by atoms with Gasteiger partial charge in [-0.05, 0) is 74.7 Å². The Morgan fingerprint density at radius 3 is 2.54 bits per heavy atom. The molecule has 0 amide bonds. The summed E-state index contributed by atoms with van der Waals surface area (Å²) in [5.74, 6) is 6.98. The normalized spacial score (nSPS) is 41.2. The molecule has 0 aromatic heterocycles. The lowest BCUT2D eigenvalue weighted by atomic mass is 9.35.